The largest absolute Gasteiger partial charge is 0.411 e. The monoisotopic (exact) mass is 411 g/mol. The van der Waals surface area contributed by atoms with Crippen molar-refractivity contribution in [1.82, 2.24) is 15.1 Å². The fraction of sp³-hybridized carbons (Fsp3) is 0.471. The first-order chi connectivity index (χ1) is 12.9. The summed E-state index contributed by atoms with van der Waals surface area (Å²) >= 11 is 1.12. The van der Waals surface area contributed by atoms with Crippen molar-refractivity contribution >= 4 is 27.5 Å². The summed E-state index contributed by atoms with van der Waals surface area (Å²) < 4.78 is 42.0. The highest BCUT2D eigenvalue weighted by Crippen LogP contribution is 2.33. The standard InChI is InChI=1S/C17H18FN3O4S2/c18-12-3-1-11(2-4-12)16-19-20-17(25-16)26-9-15(22)21(13-5-6-13)14-7-8-27(23,24)10-14/h1-4,13-14H,5-10H2/t14-/m0/s1. The zero-order valence-corrected chi connectivity index (χ0v) is 16.0. The maximum Gasteiger partial charge on any atom is 0.277 e. The Kier molecular flexibility index (Phi) is 4.94. The SMILES string of the molecule is O=C(CSc1nnc(-c2ccc(F)cc2)o1)N(C1CC1)[C@H]1CCS(=O)(=O)C1. The van der Waals surface area contributed by atoms with Gasteiger partial charge in [0, 0.05) is 17.6 Å². The number of hydrogen-bond donors (Lipinski definition) is 0. The summed E-state index contributed by atoms with van der Waals surface area (Å²) in [5.74, 6) is 0.101. The van der Waals surface area contributed by atoms with Crippen molar-refractivity contribution in [2.45, 2.75) is 36.6 Å². The van der Waals surface area contributed by atoms with E-state index < -0.39 is 9.84 Å². The Labute approximate surface area is 160 Å². The van der Waals surface area contributed by atoms with Crippen LogP contribution in [0.4, 0.5) is 4.39 Å². The minimum atomic E-state index is -3.05. The Hall–Kier alpha value is -1.94. The molecule has 1 aromatic heterocycles. The van der Waals surface area contributed by atoms with Crippen LogP contribution in [0.25, 0.3) is 11.5 Å². The van der Waals surface area contributed by atoms with Crippen LogP contribution in [0.5, 0.6) is 0 Å². The van der Waals surface area contributed by atoms with Gasteiger partial charge in [-0.3, -0.25) is 4.79 Å². The van der Waals surface area contributed by atoms with E-state index in [9.17, 15) is 17.6 Å². The van der Waals surface area contributed by atoms with Crippen LogP contribution >= 0.6 is 11.8 Å². The van der Waals surface area contributed by atoms with Gasteiger partial charge < -0.3 is 9.32 Å². The lowest BCUT2D eigenvalue weighted by Crippen LogP contribution is -2.43. The topological polar surface area (TPSA) is 93.4 Å². The van der Waals surface area contributed by atoms with Gasteiger partial charge in [-0.1, -0.05) is 11.8 Å². The number of sulfone groups is 1. The Balaban J connectivity index is 1.39. The van der Waals surface area contributed by atoms with Gasteiger partial charge in [0.2, 0.25) is 11.8 Å². The van der Waals surface area contributed by atoms with Crippen LogP contribution in [0.3, 0.4) is 0 Å². The molecule has 0 unspecified atom stereocenters. The van der Waals surface area contributed by atoms with E-state index in [1.807, 2.05) is 0 Å². The maximum absolute atomic E-state index is 13.0. The number of hydrogen-bond acceptors (Lipinski definition) is 7. The van der Waals surface area contributed by atoms with Crippen LogP contribution < -0.4 is 0 Å². The van der Waals surface area contributed by atoms with Gasteiger partial charge in [0.1, 0.15) is 5.82 Å². The van der Waals surface area contributed by atoms with Crippen molar-refractivity contribution in [3.63, 3.8) is 0 Å². The Morgan fingerprint density at radius 2 is 1.93 bits per heavy atom. The van der Waals surface area contributed by atoms with E-state index >= 15 is 0 Å². The van der Waals surface area contributed by atoms with Crippen LogP contribution in [0.15, 0.2) is 33.9 Å². The molecule has 144 valence electrons. The summed E-state index contributed by atoms with van der Waals surface area (Å²) in [7, 11) is -3.05. The quantitative estimate of drug-likeness (QED) is 0.672. The van der Waals surface area contributed by atoms with Gasteiger partial charge in [-0.05, 0) is 43.5 Å². The Morgan fingerprint density at radius 1 is 1.19 bits per heavy atom. The van der Waals surface area contributed by atoms with Gasteiger partial charge in [-0.15, -0.1) is 10.2 Å². The van der Waals surface area contributed by atoms with E-state index in [-0.39, 0.29) is 52.2 Å². The Bertz CT molecular complexity index is 941. The van der Waals surface area contributed by atoms with Gasteiger partial charge in [-0.25, -0.2) is 12.8 Å². The number of aromatic nitrogens is 2. The highest BCUT2D eigenvalue weighted by Gasteiger charge is 2.42. The van der Waals surface area contributed by atoms with Gasteiger partial charge in [0.25, 0.3) is 5.22 Å². The second kappa shape index (κ2) is 7.23. The van der Waals surface area contributed by atoms with E-state index in [0.717, 1.165) is 24.6 Å². The number of nitrogens with zero attached hydrogens (tertiary/aromatic N) is 3. The van der Waals surface area contributed by atoms with Gasteiger partial charge in [0.05, 0.1) is 17.3 Å². The molecule has 1 aliphatic heterocycles. The summed E-state index contributed by atoms with van der Waals surface area (Å²) in [6.07, 6.45) is 2.34. The second-order valence-corrected chi connectivity index (χ2v) is 9.91. The van der Waals surface area contributed by atoms with Gasteiger partial charge >= 0.3 is 0 Å². The third-order valence-corrected chi connectivity index (χ3v) is 7.20. The normalized spacial score (nSPS) is 21.3. The summed E-state index contributed by atoms with van der Waals surface area (Å²) in [6.45, 7) is 0. The molecule has 7 nitrogen and oxygen atoms in total. The molecule has 1 atom stereocenters. The first-order valence-electron chi connectivity index (χ1n) is 8.65. The van der Waals surface area contributed by atoms with Crippen molar-refractivity contribution < 1.29 is 22.0 Å². The average Bonchev–Trinajstić information content (AvgIpc) is 3.22. The lowest BCUT2D eigenvalue weighted by atomic mass is 10.2. The van der Waals surface area contributed by atoms with Crippen molar-refractivity contribution in [1.29, 1.82) is 0 Å². The number of carbonyl (C=O) groups is 1. The molecule has 1 saturated carbocycles. The zero-order chi connectivity index (χ0) is 19.0. The molecule has 27 heavy (non-hydrogen) atoms. The highest BCUT2D eigenvalue weighted by molar-refractivity contribution is 7.99. The van der Waals surface area contributed by atoms with E-state index in [4.69, 9.17) is 4.42 Å². The van der Waals surface area contributed by atoms with E-state index in [1.165, 1.54) is 24.3 Å². The van der Waals surface area contributed by atoms with Crippen LogP contribution in [-0.2, 0) is 14.6 Å². The number of thioether (sulfide) groups is 1. The van der Waals surface area contributed by atoms with Crippen LogP contribution in [0, 0.1) is 5.82 Å². The van der Waals surface area contributed by atoms with Crippen molar-refractivity contribution in [2.75, 3.05) is 17.3 Å². The molecule has 0 radical (unpaired) electrons. The molecular formula is C17H18FN3O4S2. The summed E-state index contributed by atoms with van der Waals surface area (Å²) in [6, 6.07) is 5.61. The molecular weight excluding hydrogens is 393 g/mol. The molecule has 2 aliphatic rings. The number of halogens is 1. The lowest BCUT2D eigenvalue weighted by Gasteiger charge is -2.28. The summed E-state index contributed by atoms with van der Waals surface area (Å²) in [4.78, 5) is 14.4. The first-order valence-corrected chi connectivity index (χ1v) is 11.5. The van der Waals surface area contributed by atoms with Crippen LogP contribution in [0.1, 0.15) is 19.3 Å². The molecule has 1 saturated heterocycles. The minimum Gasteiger partial charge on any atom is -0.411 e. The number of benzene rings is 1. The molecule has 4 rings (SSSR count). The molecule has 2 aromatic rings. The average molecular weight is 411 g/mol. The van der Waals surface area contributed by atoms with Gasteiger partial charge in [0.15, 0.2) is 9.84 Å². The molecule has 2 fully saturated rings. The van der Waals surface area contributed by atoms with Crippen molar-refractivity contribution in [3.05, 3.63) is 30.1 Å². The first kappa shape index (κ1) is 18.4. The lowest BCUT2D eigenvalue weighted by molar-refractivity contribution is -0.130. The molecule has 1 amide bonds. The fourth-order valence-corrected chi connectivity index (χ4v) is 5.57. The molecule has 2 heterocycles. The van der Waals surface area contributed by atoms with E-state index in [2.05, 4.69) is 10.2 Å². The molecule has 1 aromatic carbocycles. The maximum atomic E-state index is 13.0. The van der Waals surface area contributed by atoms with Crippen molar-refractivity contribution in [2.24, 2.45) is 0 Å². The Morgan fingerprint density at radius 3 is 2.56 bits per heavy atom. The zero-order valence-electron chi connectivity index (χ0n) is 14.4. The number of rotatable bonds is 6. The van der Waals surface area contributed by atoms with Gasteiger partial charge in [-0.2, -0.15) is 0 Å². The number of carbonyl (C=O) groups excluding carboxylic acids is 1. The van der Waals surface area contributed by atoms with Crippen molar-refractivity contribution in [3.8, 4) is 11.5 Å². The van der Waals surface area contributed by atoms with Crippen LogP contribution in [0.2, 0.25) is 0 Å². The fourth-order valence-electron chi connectivity index (χ4n) is 3.23. The predicted octanol–water partition coefficient (Wildman–Crippen LogP) is 2.15. The predicted molar refractivity (Wildman–Crippen MR) is 97.3 cm³/mol. The van der Waals surface area contributed by atoms with E-state index in [0.29, 0.717) is 12.0 Å². The second-order valence-electron chi connectivity index (χ2n) is 6.76. The smallest absolute Gasteiger partial charge is 0.277 e. The molecule has 0 N–H and O–H groups in total. The minimum absolute atomic E-state index is 0.0508. The molecule has 10 heteroatoms. The number of amides is 1. The molecule has 0 spiro atoms. The molecule has 1 aliphatic carbocycles. The van der Waals surface area contributed by atoms with E-state index in [1.54, 1.807) is 4.90 Å². The summed E-state index contributed by atoms with van der Waals surface area (Å²) in [5.41, 5.74) is 0.595. The third-order valence-electron chi connectivity index (χ3n) is 4.65. The highest BCUT2D eigenvalue weighted by atomic mass is 32.2. The van der Waals surface area contributed by atoms with Crippen LogP contribution in [-0.4, -0.2) is 58.8 Å². The third kappa shape index (κ3) is 4.32. The molecule has 0 bridgehead atoms. The summed E-state index contributed by atoms with van der Waals surface area (Å²) in [5, 5.41) is 8.08.